The third-order valence-corrected chi connectivity index (χ3v) is 3.49. The second-order valence-electron chi connectivity index (χ2n) is 5.41. The molecule has 0 aliphatic carbocycles. The van der Waals surface area contributed by atoms with Gasteiger partial charge in [0.25, 0.3) is 5.91 Å². The second-order valence-corrected chi connectivity index (χ2v) is 6.32. The Labute approximate surface area is 122 Å². The molecule has 19 heavy (non-hydrogen) atoms. The molecule has 0 unspecified atom stereocenters. The zero-order chi connectivity index (χ0) is 14.5. The topological polar surface area (TPSA) is 75.3 Å². The maximum atomic E-state index is 12.0. The van der Waals surface area contributed by atoms with E-state index in [1.165, 1.54) is 0 Å². The van der Waals surface area contributed by atoms with Crippen molar-refractivity contribution in [3.05, 3.63) is 28.2 Å². The lowest BCUT2D eigenvalue weighted by atomic mass is 9.88. The molecule has 1 rings (SSSR count). The van der Waals surface area contributed by atoms with Crippen molar-refractivity contribution in [2.45, 2.75) is 26.7 Å². The number of amides is 1. The molecule has 0 aromatic heterocycles. The summed E-state index contributed by atoms with van der Waals surface area (Å²) in [6.45, 7) is 4.86. The highest BCUT2D eigenvalue weighted by molar-refractivity contribution is 9.10. The SMILES string of the molecule is CC(C)(CCCO)CNC(=O)c1ccc(Br)cc1N. The first-order chi connectivity index (χ1) is 8.85. The van der Waals surface area contributed by atoms with Gasteiger partial charge in [0.2, 0.25) is 0 Å². The van der Waals surface area contributed by atoms with E-state index in [1.54, 1.807) is 18.2 Å². The molecular weight excluding hydrogens is 308 g/mol. The maximum Gasteiger partial charge on any atom is 0.253 e. The molecule has 1 aromatic carbocycles. The Morgan fingerprint density at radius 1 is 1.47 bits per heavy atom. The van der Waals surface area contributed by atoms with Crippen LogP contribution in [0.25, 0.3) is 0 Å². The Hall–Kier alpha value is -1.07. The van der Waals surface area contributed by atoms with Crippen molar-refractivity contribution >= 4 is 27.5 Å². The average Bonchev–Trinajstić information content (AvgIpc) is 2.34. The number of benzene rings is 1. The van der Waals surface area contributed by atoms with Gasteiger partial charge in [-0.2, -0.15) is 0 Å². The van der Waals surface area contributed by atoms with E-state index >= 15 is 0 Å². The Morgan fingerprint density at radius 3 is 2.74 bits per heavy atom. The van der Waals surface area contributed by atoms with E-state index in [0.717, 1.165) is 17.3 Å². The minimum Gasteiger partial charge on any atom is -0.398 e. The number of aliphatic hydroxyl groups is 1. The average molecular weight is 329 g/mol. The summed E-state index contributed by atoms with van der Waals surface area (Å²) in [5.41, 5.74) is 6.72. The summed E-state index contributed by atoms with van der Waals surface area (Å²) in [7, 11) is 0. The van der Waals surface area contributed by atoms with E-state index in [9.17, 15) is 4.79 Å². The van der Waals surface area contributed by atoms with Crippen LogP contribution in [0.4, 0.5) is 5.69 Å². The van der Waals surface area contributed by atoms with Crippen molar-refractivity contribution in [2.24, 2.45) is 5.41 Å². The summed E-state index contributed by atoms with van der Waals surface area (Å²) >= 11 is 3.31. The first kappa shape index (κ1) is 16.0. The third kappa shape index (κ3) is 5.20. The fourth-order valence-corrected chi connectivity index (χ4v) is 2.18. The van der Waals surface area contributed by atoms with E-state index in [0.29, 0.717) is 17.8 Å². The lowest BCUT2D eigenvalue weighted by Gasteiger charge is -2.24. The molecule has 1 amide bonds. The number of carbonyl (C=O) groups excluding carboxylic acids is 1. The number of hydrogen-bond donors (Lipinski definition) is 3. The van der Waals surface area contributed by atoms with Gasteiger partial charge in [0.05, 0.1) is 5.56 Å². The van der Waals surface area contributed by atoms with Crippen molar-refractivity contribution < 1.29 is 9.90 Å². The molecule has 1 aromatic rings. The Bertz CT molecular complexity index is 447. The fourth-order valence-electron chi connectivity index (χ4n) is 1.80. The van der Waals surface area contributed by atoms with Gasteiger partial charge in [0.15, 0.2) is 0 Å². The largest absolute Gasteiger partial charge is 0.398 e. The molecule has 4 N–H and O–H groups in total. The fraction of sp³-hybridized carbons (Fsp3) is 0.500. The number of rotatable bonds is 6. The Morgan fingerprint density at radius 2 is 2.16 bits per heavy atom. The van der Waals surface area contributed by atoms with Gasteiger partial charge in [-0.05, 0) is 36.5 Å². The summed E-state index contributed by atoms with van der Waals surface area (Å²) in [6, 6.07) is 5.21. The van der Waals surface area contributed by atoms with Crippen LogP contribution in [0, 0.1) is 5.41 Å². The summed E-state index contributed by atoms with van der Waals surface area (Å²) in [5.74, 6) is -0.165. The van der Waals surface area contributed by atoms with Gasteiger partial charge in [-0.1, -0.05) is 29.8 Å². The zero-order valence-electron chi connectivity index (χ0n) is 11.4. The van der Waals surface area contributed by atoms with E-state index in [2.05, 4.69) is 35.1 Å². The minimum atomic E-state index is -0.165. The number of halogens is 1. The van der Waals surface area contributed by atoms with Crippen LogP contribution in [0.2, 0.25) is 0 Å². The van der Waals surface area contributed by atoms with Gasteiger partial charge in [-0.15, -0.1) is 0 Å². The van der Waals surface area contributed by atoms with Crippen molar-refractivity contribution in [3.8, 4) is 0 Å². The van der Waals surface area contributed by atoms with Crippen LogP contribution in [0.3, 0.4) is 0 Å². The van der Waals surface area contributed by atoms with E-state index in [1.807, 2.05) is 0 Å². The second kappa shape index (κ2) is 6.91. The molecule has 106 valence electrons. The van der Waals surface area contributed by atoms with E-state index < -0.39 is 0 Å². The molecule has 0 fully saturated rings. The summed E-state index contributed by atoms with van der Waals surface area (Å²) in [5, 5.41) is 11.7. The van der Waals surface area contributed by atoms with E-state index in [-0.39, 0.29) is 17.9 Å². The Kier molecular flexibility index (Phi) is 5.82. The predicted molar refractivity (Wildman–Crippen MR) is 81.0 cm³/mol. The van der Waals surface area contributed by atoms with Crippen molar-refractivity contribution in [3.63, 3.8) is 0 Å². The number of carbonyl (C=O) groups is 1. The van der Waals surface area contributed by atoms with E-state index in [4.69, 9.17) is 10.8 Å². The number of aliphatic hydroxyl groups excluding tert-OH is 1. The van der Waals surface area contributed by atoms with Crippen molar-refractivity contribution in [1.29, 1.82) is 0 Å². The summed E-state index contributed by atoms with van der Waals surface area (Å²) in [4.78, 5) is 12.0. The lowest BCUT2D eigenvalue weighted by Crippen LogP contribution is -2.34. The quantitative estimate of drug-likeness (QED) is 0.702. The molecule has 0 spiro atoms. The molecule has 0 heterocycles. The van der Waals surface area contributed by atoms with Crippen LogP contribution < -0.4 is 11.1 Å². The molecule has 5 heteroatoms. The highest BCUT2D eigenvalue weighted by atomic mass is 79.9. The van der Waals surface area contributed by atoms with Gasteiger partial charge in [-0.25, -0.2) is 0 Å². The maximum absolute atomic E-state index is 12.0. The first-order valence-corrected chi connectivity index (χ1v) is 7.09. The minimum absolute atomic E-state index is 0.0392. The first-order valence-electron chi connectivity index (χ1n) is 6.30. The number of nitrogen functional groups attached to an aromatic ring is 1. The van der Waals surface area contributed by atoms with Crippen LogP contribution in [0.15, 0.2) is 22.7 Å². The molecule has 0 aliphatic rings. The number of nitrogens with one attached hydrogen (secondary N) is 1. The summed E-state index contributed by atoms with van der Waals surface area (Å²) in [6.07, 6.45) is 1.60. The van der Waals surface area contributed by atoms with Crippen LogP contribution in [0.1, 0.15) is 37.0 Å². The smallest absolute Gasteiger partial charge is 0.253 e. The molecule has 0 radical (unpaired) electrons. The molecule has 4 nitrogen and oxygen atoms in total. The van der Waals surface area contributed by atoms with Gasteiger partial charge in [0, 0.05) is 23.3 Å². The van der Waals surface area contributed by atoms with Crippen LogP contribution in [0.5, 0.6) is 0 Å². The third-order valence-electron chi connectivity index (χ3n) is 3.00. The number of anilines is 1. The predicted octanol–water partition coefficient (Wildman–Crippen LogP) is 2.56. The highest BCUT2D eigenvalue weighted by Gasteiger charge is 2.19. The van der Waals surface area contributed by atoms with Gasteiger partial charge < -0.3 is 16.2 Å². The number of hydrogen-bond acceptors (Lipinski definition) is 3. The standard InChI is InChI=1S/C14H21BrN2O2/c1-14(2,6-3-7-18)9-17-13(19)11-5-4-10(15)8-12(11)16/h4-5,8,18H,3,6-7,9,16H2,1-2H3,(H,17,19). The van der Waals surface area contributed by atoms with Gasteiger partial charge >= 0.3 is 0 Å². The van der Waals surface area contributed by atoms with Crippen LogP contribution >= 0.6 is 15.9 Å². The lowest BCUT2D eigenvalue weighted by molar-refractivity contribution is 0.0934. The normalized spacial score (nSPS) is 11.4. The highest BCUT2D eigenvalue weighted by Crippen LogP contribution is 2.22. The number of nitrogens with two attached hydrogens (primary N) is 1. The molecule has 0 bridgehead atoms. The molecule has 0 atom stereocenters. The molecule has 0 saturated heterocycles. The zero-order valence-corrected chi connectivity index (χ0v) is 13.0. The summed E-state index contributed by atoms with van der Waals surface area (Å²) < 4.78 is 0.852. The van der Waals surface area contributed by atoms with Crippen molar-refractivity contribution in [2.75, 3.05) is 18.9 Å². The molecule has 0 aliphatic heterocycles. The monoisotopic (exact) mass is 328 g/mol. The van der Waals surface area contributed by atoms with Gasteiger partial charge in [-0.3, -0.25) is 4.79 Å². The van der Waals surface area contributed by atoms with Gasteiger partial charge in [0.1, 0.15) is 0 Å². The molecule has 0 saturated carbocycles. The van der Waals surface area contributed by atoms with Crippen LogP contribution in [-0.4, -0.2) is 24.2 Å². The Balaban J connectivity index is 2.60. The molecular formula is C14H21BrN2O2. The van der Waals surface area contributed by atoms with Crippen molar-refractivity contribution in [1.82, 2.24) is 5.32 Å². The van der Waals surface area contributed by atoms with Crippen LogP contribution in [-0.2, 0) is 0 Å².